The maximum Gasteiger partial charge on any atom is 0.330 e. The van der Waals surface area contributed by atoms with E-state index < -0.39 is 16.2 Å². The third kappa shape index (κ3) is 4.79. The number of nitro groups is 1. The molecule has 0 unspecified atom stereocenters. The van der Waals surface area contributed by atoms with E-state index >= 15 is 0 Å². The van der Waals surface area contributed by atoms with Crippen molar-refractivity contribution in [2.24, 2.45) is 11.8 Å². The molecule has 0 bridgehead atoms. The molecule has 0 spiro atoms. The molecule has 2 rings (SSSR count). The zero-order valence-corrected chi connectivity index (χ0v) is 16.6. The van der Waals surface area contributed by atoms with Crippen LogP contribution in [0.4, 0.5) is 17.2 Å². The van der Waals surface area contributed by atoms with Gasteiger partial charge in [0.05, 0.1) is 11.5 Å². The van der Waals surface area contributed by atoms with Gasteiger partial charge in [-0.15, -0.1) is 0 Å². The Morgan fingerprint density at radius 1 is 1.18 bits per heavy atom. The van der Waals surface area contributed by atoms with E-state index in [1.807, 2.05) is 27.7 Å². The predicted octanol–water partition coefficient (Wildman–Crippen LogP) is 2.35. The van der Waals surface area contributed by atoms with Crippen LogP contribution >= 0.6 is 0 Å². The zero-order chi connectivity index (χ0) is 21.0. The molecule has 1 heterocycles. The molecule has 0 radical (unpaired) electrons. The lowest BCUT2D eigenvalue weighted by molar-refractivity contribution is -0.385. The average Bonchev–Trinajstić information content (AvgIpc) is 2.58. The van der Waals surface area contributed by atoms with Gasteiger partial charge in [0.15, 0.2) is 0 Å². The van der Waals surface area contributed by atoms with E-state index in [0.29, 0.717) is 18.7 Å². The fourth-order valence-corrected chi connectivity index (χ4v) is 3.13. The summed E-state index contributed by atoms with van der Waals surface area (Å²) in [7, 11) is 0. The van der Waals surface area contributed by atoms with Gasteiger partial charge >= 0.3 is 5.69 Å². The Morgan fingerprint density at radius 2 is 1.82 bits per heavy atom. The minimum Gasteiger partial charge on any atom is -0.383 e. The quantitative estimate of drug-likeness (QED) is 0.527. The Morgan fingerprint density at radius 3 is 2.39 bits per heavy atom. The van der Waals surface area contributed by atoms with Gasteiger partial charge in [-0.05, 0) is 11.8 Å². The summed E-state index contributed by atoms with van der Waals surface area (Å²) < 4.78 is 1.34. The molecule has 9 heteroatoms. The number of aromatic amines is 1. The monoisotopic (exact) mass is 389 g/mol. The van der Waals surface area contributed by atoms with Gasteiger partial charge in [-0.3, -0.25) is 24.5 Å². The number of nitrogen functional groups attached to an aromatic ring is 1. The molecule has 1 aromatic heterocycles. The Balaban J connectivity index is 2.60. The smallest absolute Gasteiger partial charge is 0.330 e. The molecule has 3 N–H and O–H groups in total. The van der Waals surface area contributed by atoms with Crippen LogP contribution in [0.2, 0.25) is 0 Å². The lowest BCUT2D eigenvalue weighted by Gasteiger charge is -2.28. The van der Waals surface area contributed by atoms with E-state index in [1.165, 1.54) is 10.6 Å². The third-order valence-corrected chi connectivity index (χ3v) is 4.21. The van der Waals surface area contributed by atoms with Crippen LogP contribution in [0.15, 0.2) is 33.9 Å². The predicted molar refractivity (Wildman–Crippen MR) is 110 cm³/mol. The Labute approximate surface area is 162 Å². The van der Waals surface area contributed by atoms with Crippen molar-refractivity contribution in [3.05, 3.63) is 60.8 Å². The first-order valence-electron chi connectivity index (χ1n) is 9.21. The van der Waals surface area contributed by atoms with E-state index in [2.05, 4.69) is 4.98 Å². The minimum atomic E-state index is -0.596. The number of nitrogens with two attached hydrogens (primary N) is 1. The average molecular weight is 389 g/mol. The lowest BCUT2D eigenvalue weighted by Crippen LogP contribution is -2.40. The number of nitro benzene ring substituents is 1. The van der Waals surface area contributed by atoms with Crippen LogP contribution in [0.5, 0.6) is 0 Å². The van der Waals surface area contributed by atoms with Gasteiger partial charge < -0.3 is 10.6 Å². The van der Waals surface area contributed by atoms with Gasteiger partial charge in [-0.1, -0.05) is 45.9 Å². The zero-order valence-electron chi connectivity index (χ0n) is 16.6. The highest BCUT2D eigenvalue weighted by Crippen LogP contribution is 2.25. The van der Waals surface area contributed by atoms with Crippen molar-refractivity contribution >= 4 is 17.2 Å². The second-order valence-corrected chi connectivity index (χ2v) is 7.66. The molecule has 9 nitrogen and oxygen atoms in total. The number of H-pyrrole nitrogens is 1. The van der Waals surface area contributed by atoms with Gasteiger partial charge in [0, 0.05) is 24.7 Å². The van der Waals surface area contributed by atoms with E-state index in [-0.39, 0.29) is 35.6 Å². The number of hydrogen-bond donors (Lipinski definition) is 2. The highest BCUT2D eigenvalue weighted by molar-refractivity contribution is 5.63. The van der Waals surface area contributed by atoms with Crippen molar-refractivity contribution in [2.75, 3.05) is 17.2 Å². The van der Waals surface area contributed by atoms with Crippen LogP contribution < -0.4 is 21.9 Å². The first-order valence-corrected chi connectivity index (χ1v) is 9.21. The molecule has 0 amide bonds. The molecule has 1 aromatic carbocycles. The number of nitrogens with one attached hydrogen (secondary N) is 1. The second kappa shape index (κ2) is 8.73. The molecular formula is C19H27N5O4. The number of aromatic nitrogens is 2. The second-order valence-electron chi connectivity index (χ2n) is 7.66. The Bertz CT molecular complexity index is 962. The molecule has 0 fully saturated rings. The maximum atomic E-state index is 12.6. The Hall–Kier alpha value is -3.10. The molecule has 0 atom stereocenters. The van der Waals surface area contributed by atoms with Crippen molar-refractivity contribution < 1.29 is 4.92 Å². The summed E-state index contributed by atoms with van der Waals surface area (Å²) in [4.78, 5) is 39.8. The van der Waals surface area contributed by atoms with Gasteiger partial charge in [0.25, 0.3) is 11.2 Å². The number of anilines is 2. The van der Waals surface area contributed by atoms with Crippen LogP contribution in [0.1, 0.15) is 33.3 Å². The van der Waals surface area contributed by atoms with E-state index in [9.17, 15) is 19.7 Å². The van der Waals surface area contributed by atoms with Gasteiger partial charge in [-0.25, -0.2) is 4.79 Å². The standard InChI is InChI=1S/C19H27N5O4/c1-12(2)9-22(11-14-7-5-6-8-15(14)24(27)28)16-17(20)23(10-13(3)4)19(26)21-18(16)25/h5-8,12-13H,9-11,20H2,1-4H3,(H,21,25,26). The molecule has 152 valence electrons. The summed E-state index contributed by atoms with van der Waals surface area (Å²) in [6.07, 6.45) is 0. The number of para-hydroxylation sites is 1. The lowest BCUT2D eigenvalue weighted by atomic mass is 10.1. The first kappa shape index (κ1) is 21.2. The molecule has 2 aromatic rings. The normalized spacial score (nSPS) is 11.2. The SMILES string of the molecule is CC(C)CN(Cc1ccccc1[N+](=O)[O-])c1c(N)n(CC(C)C)c(=O)[nH]c1=O. The van der Waals surface area contributed by atoms with Gasteiger partial charge in [0.2, 0.25) is 0 Å². The van der Waals surface area contributed by atoms with E-state index in [4.69, 9.17) is 5.73 Å². The van der Waals surface area contributed by atoms with E-state index in [1.54, 1.807) is 23.1 Å². The van der Waals surface area contributed by atoms with Crippen LogP contribution in [-0.4, -0.2) is 21.0 Å². The Kier molecular flexibility index (Phi) is 6.61. The van der Waals surface area contributed by atoms with Crippen molar-refractivity contribution in [2.45, 2.75) is 40.8 Å². The van der Waals surface area contributed by atoms with Gasteiger partial charge in [-0.2, -0.15) is 0 Å². The number of benzene rings is 1. The number of hydrogen-bond acceptors (Lipinski definition) is 6. The summed E-state index contributed by atoms with van der Waals surface area (Å²) in [5, 5.41) is 11.4. The van der Waals surface area contributed by atoms with Crippen LogP contribution in [0, 0.1) is 22.0 Å². The van der Waals surface area contributed by atoms with E-state index in [0.717, 1.165) is 0 Å². The first-order chi connectivity index (χ1) is 13.1. The largest absolute Gasteiger partial charge is 0.383 e. The highest BCUT2D eigenvalue weighted by atomic mass is 16.6. The fourth-order valence-electron chi connectivity index (χ4n) is 3.13. The molecule has 0 saturated carbocycles. The van der Waals surface area contributed by atoms with Crippen molar-refractivity contribution in [3.8, 4) is 0 Å². The number of nitrogens with zero attached hydrogens (tertiary/aromatic N) is 3. The molecule has 0 saturated heterocycles. The van der Waals surface area contributed by atoms with Crippen molar-refractivity contribution in [1.82, 2.24) is 9.55 Å². The molecule has 0 aliphatic heterocycles. The maximum absolute atomic E-state index is 12.6. The van der Waals surface area contributed by atoms with Crippen LogP contribution in [-0.2, 0) is 13.1 Å². The highest BCUT2D eigenvalue weighted by Gasteiger charge is 2.23. The third-order valence-electron chi connectivity index (χ3n) is 4.21. The van der Waals surface area contributed by atoms with Crippen molar-refractivity contribution in [3.63, 3.8) is 0 Å². The summed E-state index contributed by atoms with van der Waals surface area (Å²) in [6, 6.07) is 6.39. The fraction of sp³-hybridized carbons (Fsp3) is 0.474. The molecular weight excluding hydrogens is 362 g/mol. The minimum absolute atomic E-state index is 0.0261. The van der Waals surface area contributed by atoms with Crippen LogP contribution in [0.3, 0.4) is 0 Å². The van der Waals surface area contributed by atoms with Gasteiger partial charge in [0.1, 0.15) is 11.5 Å². The summed E-state index contributed by atoms with van der Waals surface area (Å²) in [6.45, 7) is 8.75. The van der Waals surface area contributed by atoms with Crippen LogP contribution in [0.25, 0.3) is 0 Å². The summed E-state index contributed by atoms with van der Waals surface area (Å²) >= 11 is 0. The molecule has 28 heavy (non-hydrogen) atoms. The number of rotatable bonds is 8. The van der Waals surface area contributed by atoms with Crippen molar-refractivity contribution in [1.29, 1.82) is 0 Å². The molecule has 0 aliphatic carbocycles. The topological polar surface area (TPSA) is 127 Å². The summed E-state index contributed by atoms with van der Waals surface area (Å²) in [5.74, 6) is 0.376. The molecule has 0 aliphatic rings. The summed E-state index contributed by atoms with van der Waals surface area (Å²) in [5.41, 5.74) is 5.67.